The van der Waals surface area contributed by atoms with Crippen LogP contribution in [-0.4, -0.2) is 16.1 Å². The van der Waals surface area contributed by atoms with Gasteiger partial charge in [0.25, 0.3) is 0 Å². The van der Waals surface area contributed by atoms with Crippen LogP contribution in [0, 0.1) is 11.3 Å². The molecule has 0 aromatic heterocycles. The highest BCUT2D eigenvalue weighted by atomic mass is 32.2. The molecule has 0 bridgehead atoms. The second-order valence-electron chi connectivity index (χ2n) is 3.04. The van der Waals surface area contributed by atoms with E-state index in [9.17, 15) is 0 Å². The van der Waals surface area contributed by atoms with Crippen molar-refractivity contribution in [2.45, 2.75) is 18.7 Å². The van der Waals surface area contributed by atoms with Crippen LogP contribution in [0.3, 0.4) is 0 Å². The molecule has 0 saturated carbocycles. The number of nitrogens with one attached hydrogen (secondary N) is 1. The lowest BCUT2D eigenvalue weighted by atomic mass is 10.3. The third-order valence-electron chi connectivity index (χ3n) is 1.49. The lowest BCUT2D eigenvalue weighted by Crippen LogP contribution is -2.43. The summed E-state index contributed by atoms with van der Waals surface area (Å²) in [6.07, 6.45) is 1.96. The Morgan fingerprint density at radius 2 is 2.23 bits per heavy atom. The molecule has 0 spiro atoms. The predicted octanol–water partition coefficient (Wildman–Crippen LogP) is 2.48. The number of thioether (sulfide) groups is 2. The molecule has 1 aliphatic rings. The average Bonchev–Trinajstić information content (AvgIpc) is 2.01. The molecule has 1 aliphatic heterocycles. The fraction of sp³-hybridized carbons (Fsp3) is 0.500. The van der Waals surface area contributed by atoms with Crippen LogP contribution in [0.1, 0.15) is 13.8 Å². The predicted molar refractivity (Wildman–Crippen MR) is 63.6 cm³/mol. The van der Waals surface area contributed by atoms with Crippen LogP contribution in [0.4, 0.5) is 0 Å². The van der Waals surface area contributed by atoms with Crippen molar-refractivity contribution in [3.05, 3.63) is 9.81 Å². The quantitative estimate of drug-likeness (QED) is 0.700. The molecule has 0 aromatic rings. The summed E-state index contributed by atoms with van der Waals surface area (Å²) in [6.45, 7) is 4.10. The van der Waals surface area contributed by atoms with Crippen LogP contribution in [0.25, 0.3) is 0 Å². The van der Waals surface area contributed by atoms with Crippen LogP contribution in [0.15, 0.2) is 9.81 Å². The Labute approximate surface area is 92.1 Å². The number of nitrogens with zero attached hydrogens (tertiary/aromatic N) is 1. The van der Waals surface area contributed by atoms with Crippen molar-refractivity contribution in [3.8, 4) is 6.07 Å². The molecule has 5 heteroatoms. The fourth-order valence-corrected chi connectivity index (χ4v) is 3.75. The smallest absolute Gasteiger partial charge is 0.120 e. The lowest BCUT2D eigenvalue weighted by Gasteiger charge is -2.32. The van der Waals surface area contributed by atoms with Crippen LogP contribution < -0.4 is 5.32 Å². The van der Waals surface area contributed by atoms with Crippen LogP contribution in [0.5, 0.6) is 0 Å². The molecule has 13 heavy (non-hydrogen) atoms. The Bertz CT molecular complexity index is 312. The van der Waals surface area contributed by atoms with E-state index in [4.69, 9.17) is 17.5 Å². The Balaban J connectivity index is 3.08. The third-order valence-corrected chi connectivity index (χ3v) is 4.12. The molecule has 0 saturated heterocycles. The second kappa shape index (κ2) is 3.91. The van der Waals surface area contributed by atoms with Crippen molar-refractivity contribution in [2.75, 3.05) is 6.26 Å². The van der Waals surface area contributed by atoms with Gasteiger partial charge in [-0.25, -0.2) is 0 Å². The van der Waals surface area contributed by atoms with Crippen molar-refractivity contribution >= 4 is 40.7 Å². The van der Waals surface area contributed by atoms with E-state index in [1.165, 1.54) is 0 Å². The molecule has 1 heterocycles. The molecule has 0 atom stereocenters. The molecule has 1 rings (SSSR count). The first kappa shape index (κ1) is 10.9. The Hall–Kier alpha value is -0.180. The summed E-state index contributed by atoms with van der Waals surface area (Å²) in [5, 5.41) is 12.0. The van der Waals surface area contributed by atoms with Gasteiger partial charge in [0.05, 0.1) is 9.11 Å². The van der Waals surface area contributed by atoms with Gasteiger partial charge in [-0.3, -0.25) is 0 Å². The molecule has 0 aliphatic carbocycles. The third kappa shape index (κ3) is 2.39. The first-order valence-electron chi connectivity index (χ1n) is 3.70. The molecule has 0 unspecified atom stereocenters. The highest BCUT2D eigenvalue weighted by Crippen LogP contribution is 2.41. The largest absolute Gasteiger partial charge is 0.361 e. The van der Waals surface area contributed by atoms with E-state index in [0.29, 0.717) is 10.6 Å². The van der Waals surface area contributed by atoms with Gasteiger partial charge in [0.1, 0.15) is 16.6 Å². The van der Waals surface area contributed by atoms with E-state index < -0.39 is 0 Å². The molecule has 0 aromatic carbocycles. The minimum absolute atomic E-state index is 0.101. The summed E-state index contributed by atoms with van der Waals surface area (Å²) in [6, 6.07) is 2.13. The monoisotopic (exact) mass is 230 g/mol. The maximum Gasteiger partial charge on any atom is 0.120 e. The maximum atomic E-state index is 8.87. The van der Waals surface area contributed by atoms with E-state index in [1.54, 1.807) is 23.5 Å². The van der Waals surface area contributed by atoms with Crippen molar-refractivity contribution < 1.29 is 0 Å². The zero-order valence-corrected chi connectivity index (χ0v) is 10.1. The molecular formula is C8H10N2S3. The molecule has 0 fully saturated rings. The van der Waals surface area contributed by atoms with Gasteiger partial charge >= 0.3 is 0 Å². The molecule has 0 radical (unpaired) electrons. The Morgan fingerprint density at radius 3 is 2.69 bits per heavy atom. The standard InChI is InChI=1S/C8H10N2S3/c1-8(2)10-6(11)5(4-9)7(12-3)13-8/h1-3H3,(H,10,11). The minimum atomic E-state index is -0.101. The lowest BCUT2D eigenvalue weighted by molar-refractivity contribution is 0.673. The van der Waals surface area contributed by atoms with Crippen molar-refractivity contribution in [1.82, 2.24) is 5.32 Å². The van der Waals surface area contributed by atoms with Gasteiger partial charge < -0.3 is 5.32 Å². The van der Waals surface area contributed by atoms with Crippen LogP contribution in [-0.2, 0) is 0 Å². The van der Waals surface area contributed by atoms with E-state index in [2.05, 4.69) is 11.4 Å². The molecule has 2 nitrogen and oxygen atoms in total. The zero-order valence-electron chi connectivity index (χ0n) is 7.67. The highest BCUT2D eigenvalue weighted by molar-refractivity contribution is 8.22. The molecule has 70 valence electrons. The topological polar surface area (TPSA) is 35.8 Å². The van der Waals surface area contributed by atoms with Gasteiger partial charge in [0.2, 0.25) is 0 Å². The van der Waals surface area contributed by atoms with Gasteiger partial charge in [-0.2, -0.15) is 5.26 Å². The number of thiocarbonyl (C=S) groups is 1. The summed E-state index contributed by atoms with van der Waals surface area (Å²) >= 11 is 8.32. The van der Waals surface area contributed by atoms with Crippen molar-refractivity contribution in [3.63, 3.8) is 0 Å². The van der Waals surface area contributed by atoms with E-state index in [0.717, 1.165) is 4.24 Å². The fourth-order valence-electron chi connectivity index (χ4n) is 0.977. The van der Waals surface area contributed by atoms with Crippen LogP contribution >= 0.6 is 35.7 Å². The maximum absolute atomic E-state index is 8.87. The first-order valence-corrected chi connectivity index (χ1v) is 6.15. The molecule has 0 amide bonds. The Kier molecular flexibility index (Phi) is 3.28. The SMILES string of the molecule is CSC1=C(C#N)C(=S)NC(C)(C)S1. The minimum Gasteiger partial charge on any atom is -0.361 e. The van der Waals surface area contributed by atoms with E-state index in [-0.39, 0.29) is 4.87 Å². The van der Waals surface area contributed by atoms with Gasteiger partial charge in [-0.1, -0.05) is 24.0 Å². The number of hydrogen-bond acceptors (Lipinski definition) is 4. The van der Waals surface area contributed by atoms with Crippen molar-refractivity contribution in [2.24, 2.45) is 0 Å². The zero-order chi connectivity index (χ0) is 10.1. The van der Waals surface area contributed by atoms with E-state index in [1.807, 2.05) is 20.1 Å². The Morgan fingerprint density at radius 1 is 1.62 bits per heavy atom. The second-order valence-corrected chi connectivity index (χ2v) is 6.16. The van der Waals surface area contributed by atoms with Crippen molar-refractivity contribution in [1.29, 1.82) is 5.26 Å². The summed E-state index contributed by atoms with van der Waals surface area (Å²) < 4.78 is 1.01. The highest BCUT2D eigenvalue weighted by Gasteiger charge is 2.30. The van der Waals surface area contributed by atoms with Gasteiger partial charge in [0.15, 0.2) is 0 Å². The van der Waals surface area contributed by atoms with Crippen LogP contribution in [0.2, 0.25) is 0 Å². The average molecular weight is 230 g/mol. The number of nitriles is 1. The number of hydrogen-bond donors (Lipinski definition) is 1. The summed E-state index contributed by atoms with van der Waals surface area (Å²) in [4.78, 5) is 0.464. The van der Waals surface area contributed by atoms with Gasteiger partial charge in [-0.05, 0) is 20.1 Å². The molecule has 1 N–H and O–H groups in total. The number of rotatable bonds is 1. The summed E-state index contributed by atoms with van der Waals surface area (Å²) in [5.74, 6) is 0. The summed E-state index contributed by atoms with van der Waals surface area (Å²) in [7, 11) is 0. The van der Waals surface area contributed by atoms with Gasteiger partial charge in [0, 0.05) is 0 Å². The molecular weight excluding hydrogens is 220 g/mol. The summed E-state index contributed by atoms with van der Waals surface area (Å²) in [5.41, 5.74) is 0.604. The normalized spacial score (nSPS) is 20.9. The first-order chi connectivity index (χ1) is 6.00. The van der Waals surface area contributed by atoms with E-state index >= 15 is 0 Å². The van der Waals surface area contributed by atoms with Gasteiger partial charge in [-0.15, -0.1) is 11.8 Å².